The fraction of sp³-hybridized carbons (Fsp3) is 0.409. The predicted molar refractivity (Wildman–Crippen MR) is 124 cm³/mol. The molecule has 3 heterocycles. The molecule has 4 rings (SSSR count). The Bertz CT molecular complexity index is 977. The van der Waals surface area contributed by atoms with Gasteiger partial charge < -0.3 is 4.90 Å². The molecule has 6 nitrogen and oxygen atoms in total. The number of rotatable bonds is 7. The molecule has 0 spiro atoms. The molecule has 1 aromatic heterocycles. The Morgan fingerprint density at radius 1 is 1.17 bits per heavy atom. The van der Waals surface area contributed by atoms with Crippen molar-refractivity contribution in [2.75, 3.05) is 29.3 Å². The maximum Gasteiger partial charge on any atom is 0.261 e. The summed E-state index contributed by atoms with van der Waals surface area (Å²) in [5.41, 5.74) is 1.58. The van der Waals surface area contributed by atoms with E-state index in [1.54, 1.807) is 24.4 Å². The van der Waals surface area contributed by atoms with Gasteiger partial charge in [0.15, 0.2) is 0 Å². The first kappa shape index (κ1) is 22.6. The zero-order chi connectivity index (χ0) is 20.6. The summed E-state index contributed by atoms with van der Waals surface area (Å²) in [7, 11) is -3.63. The number of fused-ring (bicyclic) bond motifs is 2. The third kappa shape index (κ3) is 4.48. The van der Waals surface area contributed by atoms with Crippen molar-refractivity contribution in [1.29, 1.82) is 0 Å². The monoisotopic (exact) mass is 448 g/mol. The fourth-order valence-corrected chi connectivity index (χ4v) is 5.32. The van der Waals surface area contributed by atoms with Crippen molar-refractivity contribution in [3.8, 4) is 0 Å². The highest BCUT2D eigenvalue weighted by Gasteiger charge is 2.43. The molecule has 2 bridgehead atoms. The van der Waals surface area contributed by atoms with Gasteiger partial charge in [0.2, 0.25) is 0 Å². The molecule has 2 aliphatic heterocycles. The molecule has 30 heavy (non-hydrogen) atoms. The van der Waals surface area contributed by atoms with Crippen LogP contribution >= 0.6 is 12.4 Å². The first-order valence-electron chi connectivity index (χ1n) is 10.1. The van der Waals surface area contributed by atoms with Gasteiger partial charge in [-0.05, 0) is 42.2 Å². The van der Waals surface area contributed by atoms with Crippen molar-refractivity contribution in [1.82, 2.24) is 9.88 Å². The molecule has 2 aliphatic rings. The molecule has 2 atom stereocenters. The van der Waals surface area contributed by atoms with Crippen molar-refractivity contribution < 1.29 is 8.42 Å². The SMILES string of the molecule is C=CCN1CC2CC1CN2c1ccc(NS(=O)(=O)c2ccc(C(C)C)cc2)cn1.Cl. The Morgan fingerprint density at radius 2 is 1.90 bits per heavy atom. The van der Waals surface area contributed by atoms with Gasteiger partial charge in [0.05, 0.1) is 16.8 Å². The number of nitrogens with zero attached hydrogens (tertiary/aromatic N) is 3. The predicted octanol–water partition coefficient (Wildman–Crippen LogP) is 3.88. The third-order valence-corrected chi connectivity index (χ3v) is 7.27. The van der Waals surface area contributed by atoms with Crippen molar-refractivity contribution in [3.63, 3.8) is 0 Å². The lowest BCUT2D eigenvalue weighted by Gasteiger charge is -2.34. The van der Waals surface area contributed by atoms with Gasteiger partial charge in [0, 0.05) is 31.7 Å². The topological polar surface area (TPSA) is 65.5 Å². The van der Waals surface area contributed by atoms with E-state index < -0.39 is 10.0 Å². The van der Waals surface area contributed by atoms with Gasteiger partial charge in [0.25, 0.3) is 10.0 Å². The highest BCUT2D eigenvalue weighted by atomic mass is 35.5. The average molecular weight is 449 g/mol. The number of sulfonamides is 1. The number of likely N-dealkylation sites (tertiary alicyclic amines) is 1. The van der Waals surface area contributed by atoms with Gasteiger partial charge in [-0.25, -0.2) is 13.4 Å². The normalized spacial score (nSPS) is 21.0. The van der Waals surface area contributed by atoms with Crippen LogP contribution in [0.4, 0.5) is 11.5 Å². The molecule has 0 aliphatic carbocycles. The van der Waals surface area contributed by atoms with Gasteiger partial charge in [0.1, 0.15) is 5.82 Å². The van der Waals surface area contributed by atoms with E-state index in [9.17, 15) is 8.42 Å². The smallest absolute Gasteiger partial charge is 0.261 e. The van der Waals surface area contributed by atoms with Crippen LogP contribution in [0.3, 0.4) is 0 Å². The van der Waals surface area contributed by atoms with Crippen LogP contribution in [0.1, 0.15) is 31.7 Å². The second-order valence-corrected chi connectivity index (χ2v) is 9.85. The van der Waals surface area contributed by atoms with E-state index in [0.29, 0.717) is 23.7 Å². The summed E-state index contributed by atoms with van der Waals surface area (Å²) < 4.78 is 28.0. The van der Waals surface area contributed by atoms with E-state index in [2.05, 4.69) is 39.9 Å². The highest BCUT2D eigenvalue weighted by molar-refractivity contribution is 7.92. The summed E-state index contributed by atoms with van der Waals surface area (Å²) in [4.78, 5) is 9.57. The largest absolute Gasteiger partial charge is 0.351 e. The van der Waals surface area contributed by atoms with Crippen molar-refractivity contribution >= 4 is 33.9 Å². The number of halogens is 1. The maximum atomic E-state index is 12.7. The van der Waals surface area contributed by atoms with Crippen molar-refractivity contribution in [2.45, 2.75) is 43.2 Å². The molecular weight excluding hydrogens is 420 g/mol. The summed E-state index contributed by atoms with van der Waals surface area (Å²) in [6.45, 7) is 10.9. The van der Waals surface area contributed by atoms with Crippen LogP contribution in [-0.2, 0) is 10.0 Å². The molecule has 0 radical (unpaired) electrons. The minimum Gasteiger partial charge on any atom is -0.351 e. The van der Waals surface area contributed by atoms with Crippen LogP contribution in [0, 0.1) is 0 Å². The minimum atomic E-state index is -3.63. The quantitative estimate of drug-likeness (QED) is 0.651. The first-order chi connectivity index (χ1) is 13.9. The van der Waals surface area contributed by atoms with E-state index in [0.717, 1.165) is 37.4 Å². The van der Waals surface area contributed by atoms with E-state index in [1.807, 2.05) is 24.3 Å². The van der Waals surface area contributed by atoms with E-state index in [1.165, 1.54) is 0 Å². The number of hydrogen-bond acceptors (Lipinski definition) is 5. The second kappa shape index (κ2) is 8.96. The van der Waals surface area contributed by atoms with Crippen LogP contribution in [-0.4, -0.2) is 50.0 Å². The van der Waals surface area contributed by atoms with Crippen molar-refractivity contribution in [2.24, 2.45) is 0 Å². The lowest BCUT2D eigenvalue weighted by Crippen LogP contribution is -2.46. The second-order valence-electron chi connectivity index (χ2n) is 8.17. The Kier molecular flexibility index (Phi) is 6.75. The molecule has 2 aromatic rings. The van der Waals surface area contributed by atoms with Crippen LogP contribution < -0.4 is 9.62 Å². The molecule has 1 aromatic carbocycles. The number of aromatic nitrogens is 1. The summed E-state index contributed by atoms with van der Waals surface area (Å²) in [6, 6.07) is 11.7. The maximum absolute atomic E-state index is 12.7. The van der Waals surface area contributed by atoms with Crippen LogP contribution in [0.5, 0.6) is 0 Å². The van der Waals surface area contributed by atoms with Crippen LogP contribution in [0.2, 0.25) is 0 Å². The summed E-state index contributed by atoms with van der Waals surface area (Å²) in [5, 5.41) is 0. The zero-order valence-electron chi connectivity index (χ0n) is 17.4. The molecular formula is C22H29ClN4O2S. The van der Waals surface area contributed by atoms with E-state index in [-0.39, 0.29) is 17.3 Å². The van der Waals surface area contributed by atoms with Gasteiger partial charge >= 0.3 is 0 Å². The molecule has 8 heteroatoms. The number of piperazine rings is 1. The Hall–Kier alpha value is -2.09. The average Bonchev–Trinajstić information content (AvgIpc) is 3.29. The van der Waals surface area contributed by atoms with Crippen molar-refractivity contribution in [3.05, 3.63) is 60.8 Å². The third-order valence-electron chi connectivity index (χ3n) is 5.87. The number of hydrogen-bond donors (Lipinski definition) is 1. The zero-order valence-corrected chi connectivity index (χ0v) is 19.0. The van der Waals surface area contributed by atoms with Gasteiger partial charge in [-0.3, -0.25) is 9.62 Å². The number of nitrogens with one attached hydrogen (secondary N) is 1. The van der Waals surface area contributed by atoms with Crippen LogP contribution in [0.15, 0.2) is 60.1 Å². The number of pyridine rings is 1. The minimum absolute atomic E-state index is 0. The Labute approximate surface area is 185 Å². The van der Waals surface area contributed by atoms with E-state index >= 15 is 0 Å². The lowest BCUT2D eigenvalue weighted by atomic mass is 10.0. The van der Waals surface area contributed by atoms with E-state index in [4.69, 9.17) is 0 Å². The summed E-state index contributed by atoms with van der Waals surface area (Å²) in [6.07, 6.45) is 4.71. The molecule has 0 saturated carbocycles. The molecule has 2 saturated heterocycles. The van der Waals surface area contributed by atoms with Gasteiger partial charge in [-0.15, -0.1) is 19.0 Å². The molecule has 2 unspecified atom stereocenters. The Balaban J connectivity index is 0.00000256. The molecule has 2 fully saturated rings. The standard InChI is InChI=1S/C22H28N4O2S.ClH/c1-4-11-25-14-20-12-19(25)15-26(20)22-10-7-18(13-23-22)24-29(27,28)21-8-5-17(6-9-21)16(2)3;/h4-10,13,16,19-20,24H,1,11-12,14-15H2,2-3H3;1H. The first-order valence-corrected chi connectivity index (χ1v) is 11.6. The summed E-state index contributed by atoms with van der Waals surface area (Å²) >= 11 is 0. The lowest BCUT2D eigenvalue weighted by molar-refractivity contribution is 0.264. The Morgan fingerprint density at radius 3 is 2.43 bits per heavy atom. The molecule has 1 N–H and O–H groups in total. The van der Waals surface area contributed by atoms with Crippen LogP contribution in [0.25, 0.3) is 0 Å². The number of anilines is 2. The highest BCUT2D eigenvalue weighted by Crippen LogP contribution is 2.33. The number of benzene rings is 1. The summed E-state index contributed by atoms with van der Waals surface area (Å²) in [5.74, 6) is 1.26. The molecule has 0 amide bonds. The molecule has 162 valence electrons. The van der Waals surface area contributed by atoms with Gasteiger partial charge in [-0.1, -0.05) is 32.1 Å². The van der Waals surface area contributed by atoms with Gasteiger partial charge in [-0.2, -0.15) is 0 Å². The fourth-order valence-electron chi connectivity index (χ4n) is 4.28.